The molecule has 0 amide bonds. The maximum atomic E-state index is 13.2. The number of ether oxygens (including phenoxy) is 1. The molecule has 3 N–H and O–H groups in total. The van der Waals surface area contributed by atoms with Gasteiger partial charge in [0.1, 0.15) is 18.2 Å². The number of nitrogen functional groups attached to an aromatic ring is 1. The molecule has 2 aromatic rings. The molecule has 0 saturated carbocycles. The highest BCUT2D eigenvalue weighted by Gasteiger charge is 2.05. The van der Waals surface area contributed by atoms with Crippen LogP contribution in [0.25, 0.3) is 0 Å². The summed E-state index contributed by atoms with van der Waals surface area (Å²) in [6, 6.07) is 4.54. The number of hydrogen-bond acceptors (Lipinski definition) is 6. The first-order valence-corrected chi connectivity index (χ1v) is 6.17. The van der Waals surface area contributed by atoms with Crippen molar-refractivity contribution in [2.75, 3.05) is 5.43 Å². The average molecular weight is 319 g/mol. The van der Waals surface area contributed by atoms with Crippen LogP contribution < -0.4 is 16.0 Å². The zero-order valence-corrected chi connectivity index (χ0v) is 10.9. The predicted octanol–water partition coefficient (Wildman–Crippen LogP) is 2.30. The Morgan fingerprint density at radius 3 is 2.94 bits per heavy atom. The lowest BCUT2D eigenvalue weighted by atomic mass is 10.3. The SMILES string of the molecule is NNc1nnc(COc2ccc(Br)c(F)c2)s1. The number of benzene rings is 1. The van der Waals surface area contributed by atoms with Crippen LogP contribution in [0.3, 0.4) is 0 Å². The number of rotatable bonds is 4. The summed E-state index contributed by atoms with van der Waals surface area (Å²) in [5.41, 5.74) is 2.39. The van der Waals surface area contributed by atoms with E-state index in [9.17, 15) is 4.39 Å². The number of halogens is 2. The van der Waals surface area contributed by atoms with Gasteiger partial charge in [0.05, 0.1) is 4.47 Å². The quantitative estimate of drug-likeness (QED) is 0.668. The van der Waals surface area contributed by atoms with Crippen LogP contribution in [-0.2, 0) is 6.61 Å². The van der Waals surface area contributed by atoms with Gasteiger partial charge in [-0.25, -0.2) is 10.2 Å². The van der Waals surface area contributed by atoms with Crippen LogP contribution in [0.15, 0.2) is 22.7 Å². The Hall–Kier alpha value is -1.25. The van der Waals surface area contributed by atoms with E-state index in [1.54, 1.807) is 12.1 Å². The maximum absolute atomic E-state index is 13.2. The monoisotopic (exact) mass is 318 g/mol. The van der Waals surface area contributed by atoms with E-state index in [1.807, 2.05) is 0 Å². The summed E-state index contributed by atoms with van der Waals surface area (Å²) < 4.78 is 18.9. The second kappa shape index (κ2) is 5.39. The highest BCUT2D eigenvalue weighted by atomic mass is 79.9. The van der Waals surface area contributed by atoms with Crippen molar-refractivity contribution >= 4 is 32.4 Å². The molecular formula is C9H8BrFN4OS. The van der Waals surface area contributed by atoms with Crippen LogP contribution in [0.2, 0.25) is 0 Å². The molecule has 0 spiro atoms. The number of nitrogens with one attached hydrogen (secondary N) is 1. The van der Waals surface area contributed by atoms with Crippen molar-refractivity contribution in [2.45, 2.75) is 6.61 Å². The lowest BCUT2D eigenvalue weighted by molar-refractivity contribution is 0.303. The second-order valence-electron chi connectivity index (χ2n) is 3.01. The van der Waals surface area contributed by atoms with Gasteiger partial charge in [-0.1, -0.05) is 11.3 Å². The molecule has 1 aromatic carbocycles. The predicted molar refractivity (Wildman–Crippen MR) is 66.2 cm³/mol. The van der Waals surface area contributed by atoms with E-state index >= 15 is 0 Å². The summed E-state index contributed by atoms with van der Waals surface area (Å²) in [5.74, 6) is 5.23. The summed E-state index contributed by atoms with van der Waals surface area (Å²) >= 11 is 4.34. The number of anilines is 1. The summed E-state index contributed by atoms with van der Waals surface area (Å²) in [6.45, 7) is 0.223. The minimum Gasteiger partial charge on any atom is -0.486 e. The molecule has 2 rings (SSSR count). The zero-order valence-electron chi connectivity index (χ0n) is 8.48. The lowest BCUT2D eigenvalue weighted by Gasteiger charge is -2.03. The van der Waals surface area contributed by atoms with E-state index in [2.05, 4.69) is 31.6 Å². The third-order valence-electron chi connectivity index (χ3n) is 1.84. The molecule has 0 aliphatic rings. The molecule has 17 heavy (non-hydrogen) atoms. The average Bonchev–Trinajstić information content (AvgIpc) is 2.79. The van der Waals surface area contributed by atoms with Crippen LogP contribution in [0, 0.1) is 5.82 Å². The third-order valence-corrected chi connectivity index (χ3v) is 3.31. The van der Waals surface area contributed by atoms with Crippen molar-refractivity contribution in [3.8, 4) is 5.75 Å². The summed E-state index contributed by atoms with van der Waals surface area (Å²) in [7, 11) is 0. The molecule has 0 fully saturated rings. The molecule has 0 bridgehead atoms. The van der Waals surface area contributed by atoms with E-state index in [1.165, 1.54) is 17.4 Å². The molecule has 5 nitrogen and oxygen atoms in total. The molecule has 0 saturated heterocycles. The van der Waals surface area contributed by atoms with Crippen molar-refractivity contribution in [2.24, 2.45) is 5.84 Å². The molecule has 0 aliphatic carbocycles. The lowest BCUT2D eigenvalue weighted by Crippen LogP contribution is -2.05. The molecular weight excluding hydrogens is 311 g/mol. The topological polar surface area (TPSA) is 73.1 Å². The standard InChI is InChI=1S/C9H8BrFN4OS/c10-6-2-1-5(3-7(6)11)16-4-8-14-15-9(13-12)17-8/h1-3H,4,12H2,(H,13,15). The summed E-state index contributed by atoms with van der Waals surface area (Å²) in [4.78, 5) is 0. The Morgan fingerprint density at radius 1 is 1.47 bits per heavy atom. The highest BCUT2D eigenvalue weighted by Crippen LogP contribution is 2.22. The molecule has 0 radical (unpaired) electrons. The fraction of sp³-hybridized carbons (Fsp3) is 0.111. The molecule has 0 atom stereocenters. The number of hydrazine groups is 1. The van der Waals surface area contributed by atoms with Crippen LogP contribution in [0.1, 0.15) is 5.01 Å². The Balaban J connectivity index is 1.99. The molecule has 0 aliphatic heterocycles. The largest absolute Gasteiger partial charge is 0.486 e. The second-order valence-corrected chi connectivity index (χ2v) is 4.93. The molecule has 8 heteroatoms. The van der Waals surface area contributed by atoms with Crippen LogP contribution in [0.4, 0.5) is 9.52 Å². The Labute approximate surface area is 109 Å². The van der Waals surface area contributed by atoms with Crippen molar-refractivity contribution in [3.05, 3.63) is 33.5 Å². The van der Waals surface area contributed by atoms with Gasteiger partial charge in [0.15, 0.2) is 5.01 Å². The first-order valence-electron chi connectivity index (χ1n) is 4.56. The van der Waals surface area contributed by atoms with Crippen molar-refractivity contribution in [1.82, 2.24) is 10.2 Å². The van der Waals surface area contributed by atoms with Gasteiger partial charge in [-0.15, -0.1) is 10.2 Å². The van der Waals surface area contributed by atoms with E-state index in [4.69, 9.17) is 10.6 Å². The molecule has 90 valence electrons. The molecule has 1 aromatic heterocycles. The van der Waals surface area contributed by atoms with Crippen molar-refractivity contribution in [3.63, 3.8) is 0 Å². The molecule has 0 unspecified atom stereocenters. The number of aromatic nitrogens is 2. The van der Waals surface area contributed by atoms with Crippen LogP contribution in [0.5, 0.6) is 5.75 Å². The van der Waals surface area contributed by atoms with Gasteiger partial charge >= 0.3 is 0 Å². The van der Waals surface area contributed by atoms with E-state index in [0.717, 1.165) is 0 Å². The fourth-order valence-corrected chi connectivity index (χ4v) is 1.89. The van der Waals surface area contributed by atoms with Gasteiger partial charge in [-0.2, -0.15) is 0 Å². The Bertz CT molecular complexity index is 521. The Kier molecular flexibility index (Phi) is 3.87. The smallest absolute Gasteiger partial charge is 0.219 e. The normalized spacial score (nSPS) is 10.3. The van der Waals surface area contributed by atoms with Crippen LogP contribution in [-0.4, -0.2) is 10.2 Å². The van der Waals surface area contributed by atoms with Crippen LogP contribution >= 0.6 is 27.3 Å². The van der Waals surface area contributed by atoms with Gasteiger partial charge in [-0.3, -0.25) is 5.43 Å². The summed E-state index contributed by atoms with van der Waals surface area (Å²) in [6.07, 6.45) is 0. The van der Waals surface area contributed by atoms with Gasteiger partial charge in [0.2, 0.25) is 5.13 Å². The van der Waals surface area contributed by atoms with E-state index in [-0.39, 0.29) is 12.4 Å². The maximum Gasteiger partial charge on any atom is 0.219 e. The number of hydrogen-bond donors (Lipinski definition) is 2. The zero-order chi connectivity index (χ0) is 12.3. The molecule has 1 heterocycles. The third kappa shape index (κ3) is 3.11. The van der Waals surface area contributed by atoms with Gasteiger partial charge < -0.3 is 4.74 Å². The van der Waals surface area contributed by atoms with Gasteiger partial charge in [0.25, 0.3) is 0 Å². The minimum absolute atomic E-state index is 0.223. The number of nitrogens with zero attached hydrogens (tertiary/aromatic N) is 2. The summed E-state index contributed by atoms with van der Waals surface area (Å²) in [5, 5.41) is 8.75. The first-order chi connectivity index (χ1) is 8.19. The van der Waals surface area contributed by atoms with Crippen molar-refractivity contribution in [1.29, 1.82) is 0 Å². The number of nitrogens with two attached hydrogens (primary N) is 1. The fourth-order valence-electron chi connectivity index (χ4n) is 1.08. The van der Waals surface area contributed by atoms with Crippen molar-refractivity contribution < 1.29 is 9.13 Å². The highest BCUT2D eigenvalue weighted by molar-refractivity contribution is 9.10. The first kappa shape index (κ1) is 12.2. The Morgan fingerprint density at radius 2 is 2.29 bits per heavy atom. The van der Waals surface area contributed by atoms with Gasteiger partial charge in [-0.05, 0) is 28.1 Å². The van der Waals surface area contributed by atoms with Gasteiger partial charge in [0, 0.05) is 6.07 Å². The minimum atomic E-state index is -0.371. The van der Waals surface area contributed by atoms with E-state index in [0.29, 0.717) is 20.4 Å². The van der Waals surface area contributed by atoms with E-state index < -0.39 is 0 Å².